The molecule has 0 radical (unpaired) electrons. The number of aliphatic hydroxyl groups excluding tert-OH is 1. The Morgan fingerprint density at radius 3 is 2.14 bits per heavy atom. The van der Waals surface area contributed by atoms with E-state index in [4.69, 9.17) is 32.2 Å². The van der Waals surface area contributed by atoms with Crippen molar-refractivity contribution in [2.24, 2.45) is 11.5 Å². The van der Waals surface area contributed by atoms with Crippen LogP contribution in [0.3, 0.4) is 0 Å². The first-order valence-electron chi connectivity index (χ1n) is 8.13. The quantitative estimate of drug-likeness (QED) is 0.101. The number of nitrogens with two attached hydrogens (primary N) is 2. The minimum Gasteiger partial charge on any atom is -0.481 e. The average molecular weight is 420 g/mol. The van der Waals surface area contributed by atoms with Gasteiger partial charge in [-0.15, -0.1) is 0 Å². The fourth-order valence-corrected chi connectivity index (χ4v) is 1.81. The largest absolute Gasteiger partial charge is 0.481 e. The maximum Gasteiger partial charge on any atom is 0.328 e. The van der Waals surface area contributed by atoms with Gasteiger partial charge in [-0.3, -0.25) is 24.6 Å². The van der Waals surface area contributed by atoms with Crippen LogP contribution >= 0.6 is 0 Å². The number of hydrogen-bond donors (Lipinski definition) is 9. The van der Waals surface area contributed by atoms with Crippen LogP contribution in [0, 0.1) is 5.41 Å². The summed E-state index contributed by atoms with van der Waals surface area (Å²) in [4.78, 5) is 57.3. The van der Waals surface area contributed by atoms with Crippen LogP contribution in [0.4, 0.5) is 0 Å². The molecule has 0 spiro atoms. The lowest BCUT2D eigenvalue weighted by molar-refractivity contribution is -0.144. The SMILES string of the molecule is N=C(N)OCC[C@H](N)C(=O)NCC(=O)N[C@@H](CC(=O)O)C(=O)N[C@@H](CO)C(=O)O. The summed E-state index contributed by atoms with van der Waals surface area (Å²) in [5, 5.41) is 39.4. The third-order valence-corrected chi connectivity index (χ3v) is 3.27. The second-order valence-electron chi connectivity index (χ2n) is 5.63. The van der Waals surface area contributed by atoms with Gasteiger partial charge in [0.05, 0.1) is 32.2 Å². The Kier molecular flexibility index (Phi) is 11.3. The van der Waals surface area contributed by atoms with Crippen molar-refractivity contribution in [1.82, 2.24) is 16.0 Å². The zero-order chi connectivity index (χ0) is 22.6. The van der Waals surface area contributed by atoms with Gasteiger partial charge in [0.25, 0.3) is 6.02 Å². The lowest BCUT2D eigenvalue weighted by atomic mass is 10.1. The van der Waals surface area contributed by atoms with Gasteiger partial charge in [0.15, 0.2) is 0 Å². The van der Waals surface area contributed by atoms with Crippen LogP contribution in [0.5, 0.6) is 0 Å². The number of aliphatic hydroxyl groups is 1. The molecule has 0 aliphatic heterocycles. The maximum atomic E-state index is 12.0. The molecule has 0 saturated heterocycles. The number of carbonyl (C=O) groups is 5. The summed E-state index contributed by atoms with van der Waals surface area (Å²) in [5.74, 6) is -5.86. The first-order chi connectivity index (χ1) is 13.5. The molecule has 0 fully saturated rings. The van der Waals surface area contributed by atoms with Gasteiger partial charge in [0.2, 0.25) is 17.7 Å². The summed E-state index contributed by atoms with van der Waals surface area (Å²) in [5.41, 5.74) is 10.5. The molecule has 0 bridgehead atoms. The van der Waals surface area contributed by atoms with E-state index in [2.05, 4.69) is 10.1 Å². The molecular formula is C14H24N6O9. The molecule has 0 heterocycles. The molecule has 0 aromatic carbocycles. The normalized spacial score (nSPS) is 13.3. The molecular weight excluding hydrogens is 396 g/mol. The lowest BCUT2D eigenvalue weighted by Gasteiger charge is -2.19. The number of aliphatic carboxylic acids is 2. The second-order valence-corrected chi connectivity index (χ2v) is 5.63. The van der Waals surface area contributed by atoms with Crippen LogP contribution in [0.2, 0.25) is 0 Å². The van der Waals surface area contributed by atoms with E-state index in [0.29, 0.717) is 0 Å². The molecule has 15 nitrogen and oxygen atoms in total. The number of ether oxygens (including phenoxy) is 1. The molecule has 164 valence electrons. The third-order valence-electron chi connectivity index (χ3n) is 3.27. The molecule has 0 saturated carbocycles. The van der Waals surface area contributed by atoms with E-state index in [0.717, 1.165) is 0 Å². The van der Waals surface area contributed by atoms with Crippen molar-refractivity contribution in [3.8, 4) is 0 Å². The van der Waals surface area contributed by atoms with Crippen molar-refractivity contribution >= 4 is 35.7 Å². The van der Waals surface area contributed by atoms with E-state index < -0.39 is 73.4 Å². The molecule has 0 unspecified atom stereocenters. The molecule has 0 aliphatic carbocycles. The Bertz CT molecular complexity index is 641. The summed E-state index contributed by atoms with van der Waals surface area (Å²) in [6, 6.07) is -4.97. The second kappa shape index (κ2) is 12.8. The molecule has 0 aromatic rings. The van der Waals surface area contributed by atoms with Crippen molar-refractivity contribution in [3.05, 3.63) is 0 Å². The fraction of sp³-hybridized carbons (Fsp3) is 0.571. The maximum absolute atomic E-state index is 12.0. The van der Waals surface area contributed by atoms with Crippen molar-refractivity contribution in [1.29, 1.82) is 5.41 Å². The van der Waals surface area contributed by atoms with Gasteiger partial charge in [0.1, 0.15) is 12.1 Å². The van der Waals surface area contributed by atoms with E-state index in [1.54, 1.807) is 0 Å². The molecule has 0 rings (SSSR count). The highest BCUT2D eigenvalue weighted by molar-refractivity contribution is 5.94. The molecule has 29 heavy (non-hydrogen) atoms. The van der Waals surface area contributed by atoms with Crippen LogP contribution in [-0.4, -0.2) is 88.9 Å². The fourth-order valence-electron chi connectivity index (χ4n) is 1.81. The highest BCUT2D eigenvalue weighted by Gasteiger charge is 2.28. The minimum atomic E-state index is -1.69. The predicted octanol–water partition coefficient (Wildman–Crippen LogP) is -4.75. The topological polar surface area (TPSA) is 267 Å². The minimum absolute atomic E-state index is 0.00514. The van der Waals surface area contributed by atoms with Crippen LogP contribution in [-0.2, 0) is 28.7 Å². The Hall–Kier alpha value is -3.46. The van der Waals surface area contributed by atoms with Crippen LogP contribution < -0.4 is 27.4 Å². The molecule has 0 aliphatic rings. The van der Waals surface area contributed by atoms with E-state index >= 15 is 0 Å². The number of amidine groups is 1. The zero-order valence-electron chi connectivity index (χ0n) is 15.2. The Labute approximate surface area is 164 Å². The number of rotatable bonds is 13. The Balaban J connectivity index is 4.68. The van der Waals surface area contributed by atoms with Gasteiger partial charge in [-0.1, -0.05) is 0 Å². The van der Waals surface area contributed by atoms with Gasteiger partial charge in [0, 0.05) is 6.42 Å². The van der Waals surface area contributed by atoms with E-state index in [9.17, 15) is 24.0 Å². The van der Waals surface area contributed by atoms with E-state index in [-0.39, 0.29) is 13.0 Å². The average Bonchev–Trinajstić information content (AvgIpc) is 2.62. The third kappa shape index (κ3) is 11.1. The van der Waals surface area contributed by atoms with E-state index in [1.165, 1.54) is 0 Å². The number of carbonyl (C=O) groups excluding carboxylic acids is 3. The first kappa shape index (κ1) is 25.5. The van der Waals surface area contributed by atoms with Crippen LogP contribution in [0.1, 0.15) is 12.8 Å². The molecule has 11 N–H and O–H groups in total. The Morgan fingerprint density at radius 1 is 1.03 bits per heavy atom. The monoisotopic (exact) mass is 420 g/mol. The van der Waals surface area contributed by atoms with Crippen LogP contribution in [0.25, 0.3) is 0 Å². The van der Waals surface area contributed by atoms with Crippen molar-refractivity contribution in [2.45, 2.75) is 31.0 Å². The molecule has 15 heteroatoms. The van der Waals surface area contributed by atoms with Crippen molar-refractivity contribution in [2.75, 3.05) is 19.8 Å². The molecule has 3 atom stereocenters. The van der Waals surface area contributed by atoms with Crippen molar-refractivity contribution < 1.29 is 44.0 Å². The number of hydrogen-bond acceptors (Lipinski definition) is 9. The summed E-state index contributed by atoms with van der Waals surface area (Å²) in [7, 11) is 0. The van der Waals surface area contributed by atoms with Gasteiger partial charge in [-0.05, 0) is 0 Å². The number of carboxylic acids is 2. The first-order valence-corrected chi connectivity index (χ1v) is 8.13. The Morgan fingerprint density at radius 2 is 1.66 bits per heavy atom. The van der Waals surface area contributed by atoms with Gasteiger partial charge < -0.3 is 47.5 Å². The summed E-state index contributed by atoms with van der Waals surface area (Å²) in [6.45, 7) is -1.70. The van der Waals surface area contributed by atoms with Gasteiger partial charge >= 0.3 is 11.9 Å². The predicted molar refractivity (Wildman–Crippen MR) is 94.3 cm³/mol. The van der Waals surface area contributed by atoms with E-state index in [1.807, 2.05) is 10.6 Å². The summed E-state index contributed by atoms with van der Waals surface area (Å²) in [6.07, 6.45) is -0.875. The van der Waals surface area contributed by atoms with Gasteiger partial charge in [-0.25, -0.2) is 4.79 Å². The lowest BCUT2D eigenvalue weighted by Crippen LogP contribution is -2.55. The number of carboxylic acid groups (broad SMARTS) is 2. The number of amides is 3. The highest BCUT2D eigenvalue weighted by Crippen LogP contribution is 1.96. The number of nitrogens with one attached hydrogen (secondary N) is 4. The summed E-state index contributed by atoms with van der Waals surface area (Å²) < 4.78 is 4.62. The molecule has 0 aromatic heterocycles. The summed E-state index contributed by atoms with van der Waals surface area (Å²) >= 11 is 0. The van der Waals surface area contributed by atoms with Crippen LogP contribution in [0.15, 0.2) is 0 Å². The smallest absolute Gasteiger partial charge is 0.328 e. The highest BCUT2D eigenvalue weighted by atomic mass is 16.5. The zero-order valence-corrected chi connectivity index (χ0v) is 15.2. The van der Waals surface area contributed by atoms with Crippen molar-refractivity contribution in [3.63, 3.8) is 0 Å². The van der Waals surface area contributed by atoms with Gasteiger partial charge in [-0.2, -0.15) is 0 Å². The standard InChI is InChI=1S/C14H24N6O9/c15-6(1-2-29-14(16)17)11(25)18-4-9(22)19-7(3-10(23)24)12(26)20-8(5-21)13(27)28/h6-8,21H,1-5,15H2,(H3,16,17)(H,18,25)(H,19,22)(H,20,26)(H,23,24)(H,27,28)/t6-,7-,8-/m0/s1. The molecule has 3 amide bonds.